The molecule has 1 atom stereocenters. The Morgan fingerprint density at radius 1 is 1.24 bits per heavy atom. The Morgan fingerprint density at radius 3 is 2.72 bits per heavy atom. The molecule has 0 saturated heterocycles. The van der Waals surface area contributed by atoms with Crippen molar-refractivity contribution < 1.29 is 18.9 Å². The quantitative estimate of drug-likeness (QED) is 0.471. The van der Waals surface area contributed by atoms with Crippen LogP contribution in [-0.4, -0.2) is 43.0 Å². The molecule has 2 aromatic carbocycles. The lowest BCUT2D eigenvalue weighted by atomic mass is 10.1. The summed E-state index contributed by atoms with van der Waals surface area (Å²) in [5, 5.41) is 26.2. The second-order valence-electron chi connectivity index (χ2n) is 5.91. The molecule has 29 heavy (non-hydrogen) atoms. The van der Waals surface area contributed by atoms with E-state index in [1.165, 1.54) is 48.3 Å². The van der Waals surface area contributed by atoms with E-state index in [9.17, 15) is 24.1 Å². The Morgan fingerprint density at radius 2 is 2.03 bits per heavy atom. The van der Waals surface area contributed by atoms with Crippen LogP contribution >= 0.6 is 0 Å². The van der Waals surface area contributed by atoms with Crippen molar-refractivity contribution in [3.63, 3.8) is 0 Å². The maximum Gasteiger partial charge on any atom is 0.270 e. The van der Waals surface area contributed by atoms with Crippen molar-refractivity contribution in [2.24, 2.45) is 0 Å². The molecule has 148 valence electrons. The average Bonchev–Trinajstić information content (AvgIpc) is 3.24. The van der Waals surface area contributed by atoms with Crippen molar-refractivity contribution >= 4 is 23.2 Å². The largest absolute Gasteiger partial charge is 0.341 e. The highest BCUT2D eigenvalue weighted by Gasteiger charge is 2.19. The molecule has 1 unspecified atom stereocenters. The van der Waals surface area contributed by atoms with Crippen molar-refractivity contribution in [2.45, 2.75) is 13.0 Å². The molecule has 3 aromatic rings. The Labute approximate surface area is 162 Å². The van der Waals surface area contributed by atoms with Gasteiger partial charge in [0.25, 0.3) is 11.6 Å². The number of halogens is 1. The van der Waals surface area contributed by atoms with Gasteiger partial charge in [-0.15, -0.1) is 5.10 Å². The molecule has 0 fully saturated rings. The molecule has 2 N–H and O–H groups in total. The number of carbonyl (C=O) groups is 2. The van der Waals surface area contributed by atoms with Crippen LogP contribution in [0.1, 0.15) is 17.3 Å². The SMILES string of the molecule is CC(NC(=O)c1cccc([N+](=O)[O-])c1)C(=O)Nc1cc(-n2cnnn2)ccc1F. The second-order valence-corrected chi connectivity index (χ2v) is 5.91. The number of nitrogens with zero attached hydrogens (tertiary/aromatic N) is 5. The molecule has 0 aliphatic rings. The number of amides is 2. The topological polar surface area (TPSA) is 145 Å². The molecular weight excluding hydrogens is 385 g/mol. The third-order valence-electron chi connectivity index (χ3n) is 3.88. The number of rotatable bonds is 6. The van der Waals surface area contributed by atoms with E-state index in [1.54, 1.807) is 0 Å². The zero-order valence-corrected chi connectivity index (χ0v) is 14.9. The molecular formula is C17H14FN7O4. The summed E-state index contributed by atoms with van der Waals surface area (Å²) in [5.41, 5.74) is 0.0568. The van der Waals surface area contributed by atoms with Gasteiger partial charge in [-0.05, 0) is 41.6 Å². The molecule has 0 radical (unpaired) electrons. The van der Waals surface area contributed by atoms with Crippen LogP contribution in [0.2, 0.25) is 0 Å². The van der Waals surface area contributed by atoms with Crippen LogP contribution in [0.3, 0.4) is 0 Å². The van der Waals surface area contributed by atoms with Gasteiger partial charge < -0.3 is 10.6 Å². The van der Waals surface area contributed by atoms with Gasteiger partial charge in [-0.2, -0.15) is 0 Å². The first kappa shape index (κ1) is 19.5. The zero-order chi connectivity index (χ0) is 21.0. The summed E-state index contributed by atoms with van der Waals surface area (Å²) in [4.78, 5) is 34.8. The van der Waals surface area contributed by atoms with Crippen molar-refractivity contribution in [3.8, 4) is 5.69 Å². The number of benzene rings is 2. The normalized spacial score (nSPS) is 11.5. The van der Waals surface area contributed by atoms with Crippen molar-refractivity contribution in [2.75, 3.05) is 5.32 Å². The van der Waals surface area contributed by atoms with Gasteiger partial charge in [0.05, 0.1) is 16.3 Å². The fraction of sp³-hybridized carbons (Fsp3) is 0.118. The number of hydrogen-bond donors (Lipinski definition) is 2. The van der Waals surface area contributed by atoms with Gasteiger partial charge in [-0.25, -0.2) is 9.07 Å². The van der Waals surface area contributed by atoms with E-state index in [0.29, 0.717) is 5.69 Å². The highest BCUT2D eigenvalue weighted by atomic mass is 19.1. The van der Waals surface area contributed by atoms with E-state index in [-0.39, 0.29) is 16.9 Å². The highest BCUT2D eigenvalue weighted by Crippen LogP contribution is 2.19. The molecule has 11 nitrogen and oxygen atoms in total. The van der Waals surface area contributed by atoms with Crippen LogP contribution in [0.25, 0.3) is 5.69 Å². The number of nitro benzene ring substituents is 1. The van der Waals surface area contributed by atoms with Gasteiger partial charge in [-0.3, -0.25) is 19.7 Å². The van der Waals surface area contributed by atoms with Crippen molar-refractivity contribution in [3.05, 3.63) is 70.3 Å². The number of nitrogens with one attached hydrogen (secondary N) is 2. The van der Waals surface area contributed by atoms with Gasteiger partial charge in [-0.1, -0.05) is 6.07 Å². The van der Waals surface area contributed by atoms with E-state index in [0.717, 1.165) is 12.1 Å². The van der Waals surface area contributed by atoms with E-state index >= 15 is 0 Å². The van der Waals surface area contributed by atoms with Crippen LogP contribution < -0.4 is 10.6 Å². The summed E-state index contributed by atoms with van der Waals surface area (Å²) >= 11 is 0. The number of non-ortho nitro benzene ring substituents is 1. The average molecular weight is 399 g/mol. The summed E-state index contributed by atoms with van der Waals surface area (Å²) in [6.45, 7) is 1.40. The second kappa shape index (κ2) is 8.21. The number of tetrazole rings is 1. The van der Waals surface area contributed by atoms with Gasteiger partial charge >= 0.3 is 0 Å². The summed E-state index contributed by atoms with van der Waals surface area (Å²) in [6, 6.07) is 7.92. The first-order valence-electron chi connectivity index (χ1n) is 8.24. The van der Waals surface area contributed by atoms with Crippen LogP contribution in [0.4, 0.5) is 15.8 Å². The lowest BCUT2D eigenvalue weighted by Gasteiger charge is -2.15. The molecule has 1 heterocycles. The Kier molecular flexibility index (Phi) is 5.53. The van der Waals surface area contributed by atoms with E-state index in [1.807, 2.05) is 0 Å². The van der Waals surface area contributed by atoms with Crippen LogP contribution in [0.15, 0.2) is 48.8 Å². The molecule has 0 spiro atoms. The predicted molar refractivity (Wildman–Crippen MR) is 97.8 cm³/mol. The summed E-state index contributed by atoms with van der Waals surface area (Å²) < 4.78 is 15.3. The minimum atomic E-state index is -1.04. The Hall–Kier alpha value is -4.22. The maximum absolute atomic E-state index is 14.1. The molecule has 0 aliphatic carbocycles. The number of anilines is 1. The molecule has 2 amide bonds. The standard InChI is InChI=1S/C17H14FN7O4/c1-10(20-17(27)11-3-2-4-13(7-11)25(28)29)16(26)21-15-8-12(5-6-14(15)18)24-9-19-22-23-24/h2-10H,1H3,(H,20,27)(H,21,26). The number of hydrogen-bond acceptors (Lipinski definition) is 7. The minimum absolute atomic E-state index is 0.0192. The zero-order valence-electron chi connectivity index (χ0n) is 14.9. The first-order valence-corrected chi connectivity index (χ1v) is 8.24. The molecule has 12 heteroatoms. The van der Waals surface area contributed by atoms with Crippen LogP contribution in [0.5, 0.6) is 0 Å². The monoisotopic (exact) mass is 399 g/mol. The fourth-order valence-corrected chi connectivity index (χ4v) is 2.38. The maximum atomic E-state index is 14.1. The lowest BCUT2D eigenvalue weighted by molar-refractivity contribution is -0.384. The number of carbonyl (C=O) groups excluding carboxylic acids is 2. The van der Waals surface area contributed by atoms with Crippen LogP contribution in [0, 0.1) is 15.9 Å². The van der Waals surface area contributed by atoms with Gasteiger partial charge in [0.1, 0.15) is 18.2 Å². The van der Waals surface area contributed by atoms with E-state index in [2.05, 4.69) is 26.2 Å². The number of aromatic nitrogens is 4. The number of nitro groups is 1. The van der Waals surface area contributed by atoms with Crippen LogP contribution in [-0.2, 0) is 4.79 Å². The van der Waals surface area contributed by atoms with E-state index in [4.69, 9.17) is 0 Å². The molecule has 3 rings (SSSR count). The molecule has 0 bridgehead atoms. The van der Waals surface area contributed by atoms with Gasteiger partial charge in [0.2, 0.25) is 5.91 Å². The molecule has 0 aliphatic heterocycles. The summed E-state index contributed by atoms with van der Waals surface area (Å²) in [5.74, 6) is -2.05. The third-order valence-corrected chi connectivity index (χ3v) is 3.88. The minimum Gasteiger partial charge on any atom is -0.341 e. The smallest absolute Gasteiger partial charge is 0.270 e. The van der Waals surface area contributed by atoms with E-state index < -0.39 is 28.6 Å². The Balaban J connectivity index is 1.69. The predicted octanol–water partition coefficient (Wildman–Crippen LogP) is 1.47. The molecule has 0 saturated carbocycles. The highest BCUT2D eigenvalue weighted by molar-refractivity contribution is 6.01. The lowest BCUT2D eigenvalue weighted by Crippen LogP contribution is -2.41. The summed E-state index contributed by atoms with van der Waals surface area (Å²) in [7, 11) is 0. The Bertz CT molecular complexity index is 1070. The first-order chi connectivity index (χ1) is 13.8. The van der Waals surface area contributed by atoms with Gasteiger partial charge in [0.15, 0.2) is 0 Å². The molecule has 1 aromatic heterocycles. The fourth-order valence-electron chi connectivity index (χ4n) is 2.38. The third kappa shape index (κ3) is 4.55. The van der Waals surface area contributed by atoms with Crippen molar-refractivity contribution in [1.82, 2.24) is 25.5 Å². The van der Waals surface area contributed by atoms with Gasteiger partial charge in [0, 0.05) is 17.7 Å². The summed E-state index contributed by atoms with van der Waals surface area (Å²) in [6.07, 6.45) is 1.31. The van der Waals surface area contributed by atoms with Crippen molar-refractivity contribution in [1.29, 1.82) is 0 Å².